The summed E-state index contributed by atoms with van der Waals surface area (Å²) in [6, 6.07) is 58.8. The van der Waals surface area contributed by atoms with Gasteiger partial charge in [-0.25, -0.2) is 0 Å². The second-order valence-corrected chi connectivity index (χ2v) is 14.9. The number of fused-ring (bicyclic) bond motifs is 14. The monoisotopic (exact) mass is 673 g/mol. The molecule has 0 saturated heterocycles. The summed E-state index contributed by atoms with van der Waals surface area (Å²) in [4.78, 5) is 0. The molecule has 0 N–H and O–H groups in total. The van der Waals surface area contributed by atoms with Gasteiger partial charge >= 0.3 is 0 Å². The maximum absolute atomic E-state index is 2.55. The molecule has 12 aromatic rings. The minimum atomic E-state index is 1.01. The van der Waals surface area contributed by atoms with Crippen LogP contribution in [0.25, 0.3) is 110 Å². The third-order valence-electron chi connectivity index (χ3n) is 12.2. The highest BCUT2D eigenvalue weighted by molar-refractivity contribution is 6.25. The molecular weight excluding hydrogens is 643 g/mol. The zero-order valence-corrected chi connectivity index (χ0v) is 28.8. The van der Waals surface area contributed by atoms with Crippen LogP contribution in [0.2, 0.25) is 0 Å². The zero-order valence-electron chi connectivity index (χ0n) is 28.8. The summed E-state index contributed by atoms with van der Waals surface area (Å²) < 4.78 is 7.47. The molecule has 4 heterocycles. The number of nitrogens with zero attached hydrogens (tertiary/aromatic N) is 3. The van der Waals surface area contributed by atoms with Crippen molar-refractivity contribution in [3.8, 4) is 5.69 Å². The van der Waals surface area contributed by atoms with Gasteiger partial charge in [-0.2, -0.15) is 0 Å². The summed E-state index contributed by atoms with van der Waals surface area (Å²) in [5.74, 6) is 0. The number of aryl methyl sites for hydroxylation is 1. The Labute approximate surface area is 304 Å². The van der Waals surface area contributed by atoms with E-state index in [1.807, 2.05) is 0 Å². The van der Waals surface area contributed by atoms with Gasteiger partial charge in [-0.05, 0) is 101 Å². The van der Waals surface area contributed by atoms with Crippen LogP contribution < -0.4 is 0 Å². The molecule has 0 atom stereocenters. The molecule has 1 aliphatic rings. The number of rotatable bonds is 2. The molecule has 246 valence electrons. The summed E-state index contributed by atoms with van der Waals surface area (Å²) in [6.07, 6.45) is 4.49. The van der Waals surface area contributed by atoms with Crippen LogP contribution in [0.3, 0.4) is 0 Å². The Morgan fingerprint density at radius 1 is 0.358 bits per heavy atom. The van der Waals surface area contributed by atoms with Crippen molar-refractivity contribution in [1.82, 2.24) is 13.5 Å². The van der Waals surface area contributed by atoms with E-state index in [1.54, 1.807) is 0 Å². The molecule has 53 heavy (non-hydrogen) atoms. The summed E-state index contributed by atoms with van der Waals surface area (Å²) >= 11 is 0. The van der Waals surface area contributed by atoms with Gasteiger partial charge in [0.25, 0.3) is 0 Å². The number of aromatic nitrogens is 3. The van der Waals surface area contributed by atoms with Gasteiger partial charge in [0.2, 0.25) is 0 Å². The van der Waals surface area contributed by atoms with Crippen LogP contribution in [0.5, 0.6) is 0 Å². The van der Waals surface area contributed by atoms with E-state index in [2.05, 4.69) is 177 Å². The second-order valence-electron chi connectivity index (χ2n) is 14.9. The molecule has 0 spiro atoms. The number of hydrogen-bond donors (Lipinski definition) is 0. The van der Waals surface area contributed by atoms with E-state index in [1.165, 1.54) is 115 Å². The van der Waals surface area contributed by atoms with E-state index in [9.17, 15) is 0 Å². The van der Waals surface area contributed by atoms with Crippen molar-refractivity contribution in [2.24, 2.45) is 0 Å². The number of allylic oxidation sites excluding steroid dienone is 1. The zero-order chi connectivity index (χ0) is 34.4. The lowest BCUT2D eigenvalue weighted by atomic mass is 9.93. The topological polar surface area (TPSA) is 14.3 Å². The highest BCUT2D eigenvalue weighted by atomic mass is 15.0. The number of hydrogen-bond acceptors (Lipinski definition) is 0. The fourth-order valence-corrected chi connectivity index (χ4v) is 9.93. The third kappa shape index (κ3) is 3.59. The van der Waals surface area contributed by atoms with Crippen molar-refractivity contribution >= 4 is 104 Å². The highest BCUT2D eigenvalue weighted by Crippen LogP contribution is 2.44. The summed E-state index contributed by atoms with van der Waals surface area (Å²) in [5.41, 5.74) is 14.2. The lowest BCUT2D eigenvalue weighted by Crippen LogP contribution is -2.05. The Bertz CT molecular complexity index is 3460. The molecule has 0 radical (unpaired) electrons. The van der Waals surface area contributed by atoms with Gasteiger partial charge in [0.1, 0.15) is 0 Å². The molecule has 0 amide bonds. The van der Waals surface area contributed by atoms with Crippen LogP contribution in [0.15, 0.2) is 158 Å². The van der Waals surface area contributed by atoms with Crippen LogP contribution >= 0.6 is 0 Å². The lowest BCUT2D eigenvalue weighted by Gasteiger charge is -2.20. The van der Waals surface area contributed by atoms with Gasteiger partial charge in [0.15, 0.2) is 0 Å². The van der Waals surface area contributed by atoms with E-state index in [0.717, 1.165) is 12.8 Å². The van der Waals surface area contributed by atoms with Crippen molar-refractivity contribution in [3.05, 3.63) is 169 Å². The molecule has 0 bridgehead atoms. The predicted molar refractivity (Wildman–Crippen MR) is 225 cm³/mol. The molecule has 3 heteroatoms. The smallest absolute Gasteiger partial charge is 0.0620 e. The molecule has 0 aliphatic heterocycles. The van der Waals surface area contributed by atoms with Gasteiger partial charge in [-0.1, -0.05) is 97.1 Å². The first-order valence-corrected chi connectivity index (χ1v) is 18.6. The van der Waals surface area contributed by atoms with Crippen LogP contribution in [-0.2, 0) is 6.42 Å². The molecule has 0 unspecified atom stereocenters. The van der Waals surface area contributed by atoms with E-state index < -0.39 is 0 Å². The lowest BCUT2D eigenvalue weighted by molar-refractivity contribution is 0.949. The van der Waals surface area contributed by atoms with E-state index in [0.29, 0.717) is 0 Å². The molecular formula is C50H31N3. The summed E-state index contributed by atoms with van der Waals surface area (Å²) in [6.45, 7) is 0. The first-order chi connectivity index (χ1) is 26.3. The van der Waals surface area contributed by atoms with Gasteiger partial charge in [-0.3, -0.25) is 0 Å². The second kappa shape index (κ2) is 9.93. The van der Waals surface area contributed by atoms with E-state index in [-0.39, 0.29) is 0 Å². The van der Waals surface area contributed by atoms with Crippen LogP contribution in [0, 0.1) is 0 Å². The third-order valence-corrected chi connectivity index (χ3v) is 12.2. The largest absolute Gasteiger partial charge is 0.313 e. The number of para-hydroxylation sites is 5. The maximum atomic E-state index is 2.55. The van der Waals surface area contributed by atoms with Crippen molar-refractivity contribution in [3.63, 3.8) is 0 Å². The molecule has 3 nitrogen and oxygen atoms in total. The minimum Gasteiger partial charge on any atom is -0.313 e. The molecule has 8 aromatic carbocycles. The average Bonchev–Trinajstić information content (AvgIpc) is 3.93. The van der Waals surface area contributed by atoms with E-state index >= 15 is 0 Å². The summed E-state index contributed by atoms with van der Waals surface area (Å²) in [7, 11) is 0. The maximum Gasteiger partial charge on any atom is 0.0620 e. The first kappa shape index (κ1) is 27.8. The van der Waals surface area contributed by atoms with Gasteiger partial charge in [0, 0.05) is 54.5 Å². The molecule has 4 aromatic heterocycles. The fraction of sp³-hybridized carbons (Fsp3) is 0.0400. The summed E-state index contributed by atoms with van der Waals surface area (Å²) in [5, 5.41) is 13.0. The quantitative estimate of drug-likeness (QED) is 0.173. The van der Waals surface area contributed by atoms with Crippen molar-refractivity contribution < 1.29 is 0 Å². The number of benzene rings is 8. The van der Waals surface area contributed by atoms with Crippen molar-refractivity contribution in [2.45, 2.75) is 12.8 Å². The average molecular weight is 674 g/mol. The van der Waals surface area contributed by atoms with Crippen LogP contribution in [0.4, 0.5) is 0 Å². The van der Waals surface area contributed by atoms with E-state index in [4.69, 9.17) is 0 Å². The fourth-order valence-electron chi connectivity index (χ4n) is 9.93. The minimum absolute atomic E-state index is 1.01. The molecule has 1 aliphatic carbocycles. The Morgan fingerprint density at radius 3 is 1.55 bits per heavy atom. The van der Waals surface area contributed by atoms with Gasteiger partial charge < -0.3 is 13.5 Å². The molecule has 0 fully saturated rings. The molecule has 13 rings (SSSR count). The normalized spacial score (nSPS) is 13.6. The van der Waals surface area contributed by atoms with Crippen molar-refractivity contribution in [2.75, 3.05) is 0 Å². The van der Waals surface area contributed by atoms with Gasteiger partial charge in [0.05, 0.1) is 38.6 Å². The van der Waals surface area contributed by atoms with Crippen molar-refractivity contribution in [1.29, 1.82) is 0 Å². The van der Waals surface area contributed by atoms with Crippen LogP contribution in [0.1, 0.15) is 17.5 Å². The SMILES string of the molecule is C1=C(n2c3ccccc3c3ccccc32)CCc2cc3c4cccc5c6cc7ccc(-n8c9ccccc9c9ccccc98)cc7cc6n(c3cc21)c45. The Hall–Kier alpha value is -6.84. The Balaban J connectivity index is 1.06. The first-order valence-electron chi connectivity index (χ1n) is 18.6. The Morgan fingerprint density at radius 2 is 0.906 bits per heavy atom. The standard InChI is InChI=1S/C50H31N3/c1-5-16-44-36(10-1)37-11-2-6-17-45(37)51(44)34-22-20-30-26-42-40-14-9-15-41-43-27-31-21-23-35(52-46-18-7-3-12-38(46)39-13-4-8-19-47(39)52)25-33(31)29-49(43)53(50(40)41)48(42)28-32(30)24-34/h1-20,22,24-29H,21,23H2. The molecule has 0 saturated carbocycles. The predicted octanol–water partition coefficient (Wildman–Crippen LogP) is 13.1. The Kier molecular flexibility index (Phi) is 5.22. The van der Waals surface area contributed by atoms with Gasteiger partial charge in [-0.15, -0.1) is 0 Å². The van der Waals surface area contributed by atoms with Crippen LogP contribution in [-0.4, -0.2) is 13.5 Å². The highest BCUT2D eigenvalue weighted by Gasteiger charge is 2.22.